The molecule has 0 saturated carbocycles. The van der Waals surface area contributed by atoms with Gasteiger partial charge in [-0.05, 0) is 18.2 Å². The van der Waals surface area contributed by atoms with Crippen molar-refractivity contribution in [1.82, 2.24) is 5.32 Å². The molecule has 3 N–H and O–H groups in total. The van der Waals surface area contributed by atoms with Gasteiger partial charge in [-0.15, -0.1) is 0 Å². The molecule has 4 nitrogen and oxygen atoms in total. The average molecular weight is 191 g/mol. The van der Waals surface area contributed by atoms with Gasteiger partial charge >= 0.3 is 0 Å². The predicted octanol–water partition coefficient (Wildman–Crippen LogP) is 0.448. The molecule has 1 aliphatic heterocycles. The van der Waals surface area contributed by atoms with Gasteiger partial charge in [0.2, 0.25) is 0 Å². The summed E-state index contributed by atoms with van der Waals surface area (Å²) in [5.41, 5.74) is 7.86. The zero-order valence-corrected chi connectivity index (χ0v) is 8.08. The van der Waals surface area contributed by atoms with E-state index in [1.165, 1.54) is 0 Å². The molecule has 0 saturated heterocycles. The van der Waals surface area contributed by atoms with Crippen LogP contribution in [0.3, 0.4) is 0 Å². The maximum atomic E-state index is 11.6. The van der Waals surface area contributed by atoms with Crippen LogP contribution in [0.2, 0.25) is 0 Å². The third kappa shape index (κ3) is 1.39. The molecule has 74 valence electrons. The Labute approximate surface area is 82.7 Å². The van der Waals surface area contributed by atoms with Crippen molar-refractivity contribution in [2.24, 2.45) is 0 Å². The van der Waals surface area contributed by atoms with E-state index in [-0.39, 0.29) is 5.91 Å². The van der Waals surface area contributed by atoms with Crippen LogP contribution in [0.15, 0.2) is 18.2 Å². The van der Waals surface area contributed by atoms with Crippen LogP contribution >= 0.6 is 0 Å². The van der Waals surface area contributed by atoms with Crippen LogP contribution in [0.1, 0.15) is 10.4 Å². The number of nitrogens with zero attached hydrogens (tertiary/aromatic N) is 1. The average Bonchev–Trinajstić information content (AvgIpc) is 2.28. The first-order valence-electron chi connectivity index (χ1n) is 4.57. The molecular formula is C10H13N3O. The van der Waals surface area contributed by atoms with Crippen LogP contribution in [0.4, 0.5) is 11.4 Å². The van der Waals surface area contributed by atoms with Gasteiger partial charge in [0.15, 0.2) is 0 Å². The van der Waals surface area contributed by atoms with Crippen molar-refractivity contribution in [2.75, 3.05) is 30.8 Å². The van der Waals surface area contributed by atoms with E-state index in [0.717, 1.165) is 12.2 Å². The number of carbonyl (C=O) groups is 1. The summed E-state index contributed by atoms with van der Waals surface area (Å²) in [7, 11) is 1.97. The highest BCUT2D eigenvalue weighted by Crippen LogP contribution is 2.23. The van der Waals surface area contributed by atoms with Gasteiger partial charge in [-0.3, -0.25) is 4.79 Å². The van der Waals surface area contributed by atoms with E-state index < -0.39 is 0 Å². The number of hydrogen-bond donors (Lipinski definition) is 2. The van der Waals surface area contributed by atoms with Crippen molar-refractivity contribution in [1.29, 1.82) is 0 Å². The molecule has 1 aromatic carbocycles. The highest BCUT2D eigenvalue weighted by molar-refractivity contribution is 6.01. The first kappa shape index (κ1) is 8.87. The molecule has 1 heterocycles. The molecule has 0 aromatic heterocycles. The normalized spacial score (nSPS) is 15.8. The first-order chi connectivity index (χ1) is 6.68. The zero-order valence-electron chi connectivity index (χ0n) is 8.08. The van der Waals surface area contributed by atoms with Crippen molar-refractivity contribution in [3.63, 3.8) is 0 Å². The number of rotatable bonds is 0. The van der Waals surface area contributed by atoms with Crippen LogP contribution < -0.4 is 16.0 Å². The van der Waals surface area contributed by atoms with Crippen molar-refractivity contribution >= 4 is 17.3 Å². The fraction of sp³-hybridized carbons (Fsp3) is 0.300. The molecular weight excluding hydrogens is 178 g/mol. The molecule has 1 aliphatic rings. The van der Waals surface area contributed by atoms with Crippen LogP contribution in [0.25, 0.3) is 0 Å². The minimum Gasteiger partial charge on any atom is -0.399 e. The van der Waals surface area contributed by atoms with Crippen LogP contribution in [-0.4, -0.2) is 26.0 Å². The summed E-state index contributed by atoms with van der Waals surface area (Å²) in [5, 5.41) is 2.82. The lowest BCUT2D eigenvalue weighted by Gasteiger charge is -2.17. The van der Waals surface area contributed by atoms with E-state index in [0.29, 0.717) is 17.8 Å². The third-order valence-corrected chi connectivity index (χ3v) is 2.41. The van der Waals surface area contributed by atoms with E-state index in [2.05, 4.69) is 5.32 Å². The maximum Gasteiger partial charge on any atom is 0.253 e. The second-order valence-corrected chi connectivity index (χ2v) is 3.45. The van der Waals surface area contributed by atoms with Gasteiger partial charge in [0, 0.05) is 31.5 Å². The number of benzene rings is 1. The second kappa shape index (κ2) is 3.21. The van der Waals surface area contributed by atoms with E-state index in [9.17, 15) is 4.79 Å². The molecule has 0 spiro atoms. The number of anilines is 2. The molecule has 1 aromatic rings. The minimum atomic E-state index is -0.0448. The number of nitrogens with two attached hydrogens (primary N) is 1. The van der Waals surface area contributed by atoms with Crippen molar-refractivity contribution in [2.45, 2.75) is 0 Å². The molecule has 0 atom stereocenters. The SMILES string of the molecule is CN1CCNC(=O)c2cc(N)ccc21. The zero-order chi connectivity index (χ0) is 10.1. The Bertz CT molecular complexity index is 376. The number of nitrogens with one attached hydrogen (secondary N) is 1. The molecule has 14 heavy (non-hydrogen) atoms. The molecule has 0 fully saturated rings. The molecule has 0 bridgehead atoms. The van der Waals surface area contributed by atoms with Gasteiger partial charge in [-0.25, -0.2) is 0 Å². The van der Waals surface area contributed by atoms with Gasteiger partial charge in [0.25, 0.3) is 5.91 Å². The van der Waals surface area contributed by atoms with Crippen molar-refractivity contribution in [3.05, 3.63) is 23.8 Å². The van der Waals surface area contributed by atoms with Crippen LogP contribution in [-0.2, 0) is 0 Å². The smallest absolute Gasteiger partial charge is 0.253 e. The molecule has 0 unspecified atom stereocenters. The summed E-state index contributed by atoms with van der Waals surface area (Å²) >= 11 is 0. The fourth-order valence-electron chi connectivity index (χ4n) is 1.62. The number of hydrogen-bond acceptors (Lipinski definition) is 3. The Hall–Kier alpha value is -1.71. The van der Waals surface area contributed by atoms with E-state index in [4.69, 9.17) is 5.73 Å². The van der Waals surface area contributed by atoms with Crippen molar-refractivity contribution in [3.8, 4) is 0 Å². The lowest BCUT2D eigenvalue weighted by atomic mass is 10.1. The van der Waals surface area contributed by atoms with Gasteiger partial charge < -0.3 is 16.0 Å². The third-order valence-electron chi connectivity index (χ3n) is 2.41. The molecule has 0 aliphatic carbocycles. The van der Waals surface area contributed by atoms with E-state index >= 15 is 0 Å². The Morgan fingerprint density at radius 3 is 3.07 bits per heavy atom. The quantitative estimate of drug-likeness (QED) is 0.585. The lowest BCUT2D eigenvalue weighted by molar-refractivity contribution is 0.0958. The Kier molecular flexibility index (Phi) is 2.04. The van der Waals surface area contributed by atoms with E-state index in [1.807, 2.05) is 24.1 Å². The largest absolute Gasteiger partial charge is 0.399 e. The molecule has 4 heteroatoms. The van der Waals surface area contributed by atoms with Gasteiger partial charge in [-0.1, -0.05) is 0 Å². The predicted molar refractivity (Wildman–Crippen MR) is 56.5 cm³/mol. The van der Waals surface area contributed by atoms with Crippen LogP contribution in [0, 0.1) is 0 Å². The summed E-state index contributed by atoms with van der Waals surface area (Å²) in [6, 6.07) is 5.41. The Morgan fingerprint density at radius 1 is 1.50 bits per heavy atom. The topological polar surface area (TPSA) is 58.4 Å². The number of amides is 1. The summed E-state index contributed by atoms with van der Waals surface area (Å²) in [6.45, 7) is 1.49. The van der Waals surface area contributed by atoms with Gasteiger partial charge in [0.05, 0.1) is 5.56 Å². The molecule has 1 amide bonds. The highest BCUT2D eigenvalue weighted by Gasteiger charge is 2.17. The fourth-order valence-corrected chi connectivity index (χ4v) is 1.62. The summed E-state index contributed by atoms with van der Waals surface area (Å²) in [4.78, 5) is 13.7. The standard InChI is InChI=1S/C10H13N3O/c1-13-5-4-12-10(14)8-6-7(11)2-3-9(8)13/h2-3,6H,4-5,11H2,1H3,(H,12,14). The Balaban J connectivity index is 2.54. The van der Waals surface area contributed by atoms with Gasteiger partial charge in [0.1, 0.15) is 0 Å². The second-order valence-electron chi connectivity index (χ2n) is 3.45. The van der Waals surface area contributed by atoms with Gasteiger partial charge in [-0.2, -0.15) is 0 Å². The monoisotopic (exact) mass is 191 g/mol. The number of fused-ring (bicyclic) bond motifs is 1. The van der Waals surface area contributed by atoms with Crippen molar-refractivity contribution < 1.29 is 4.79 Å². The van der Waals surface area contributed by atoms with E-state index in [1.54, 1.807) is 6.07 Å². The highest BCUT2D eigenvalue weighted by atomic mass is 16.1. The number of likely N-dealkylation sites (N-methyl/N-ethyl adjacent to an activating group) is 1. The minimum absolute atomic E-state index is 0.0448. The maximum absolute atomic E-state index is 11.6. The van der Waals surface area contributed by atoms with Crippen LogP contribution in [0.5, 0.6) is 0 Å². The molecule has 2 rings (SSSR count). The first-order valence-corrected chi connectivity index (χ1v) is 4.57. The number of carbonyl (C=O) groups excluding carboxylic acids is 1. The summed E-state index contributed by atoms with van der Waals surface area (Å²) in [5.74, 6) is -0.0448. The summed E-state index contributed by atoms with van der Waals surface area (Å²) in [6.07, 6.45) is 0. The summed E-state index contributed by atoms with van der Waals surface area (Å²) < 4.78 is 0. The lowest BCUT2D eigenvalue weighted by Crippen LogP contribution is -2.27. The Morgan fingerprint density at radius 2 is 2.29 bits per heavy atom. The number of nitrogen functional groups attached to an aromatic ring is 1. The molecule has 0 radical (unpaired) electrons.